The molecule has 3 nitrogen and oxygen atoms in total. The quantitative estimate of drug-likeness (QED) is 0.710. The zero-order chi connectivity index (χ0) is 12.0. The summed E-state index contributed by atoms with van der Waals surface area (Å²) in [6.07, 6.45) is 0.310. The molecule has 0 fully saturated rings. The predicted octanol–water partition coefficient (Wildman–Crippen LogP) is 1.80. The molecular weight excluding hydrogens is 190 g/mol. The molecule has 0 aromatic carbocycles. The van der Waals surface area contributed by atoms with Gasteiger partial charge in [-0.3, -0.25) is 4.79 Å². The van der Waals surface area contributed by atoms with Crippen LogP contribution in [0, 0.1) is 17.8 Å². The summed E-state index contributed by atoms with van der Waals surface area (Å²) in [4.78, 5) is 11.6. The molecule has 0 saturated carbocycles. The van der Waals surface area contributed by atoms with Crippen molar-refractivity contribution >= 4 is 5.91 Å². The Bertz CT molecular complexity index is 190. The zero-order valence-electron chi connectivity index (χ0n) is 10.6. The lowest BCUT2D eigenvalue weighted by Crippen LogP contribution is -2.37. The first-order chi connectivity index (χ1) is 6.84. The predicted molar refractivity (Wildman–Crippen MR) is 62.5 cm³/mol. The Morgan fingerprint density at radius 1 is 1.20 bits per heavy atom. The molecule has 2 atom stereocenters. The lowest BCUT2D eigenvalue weighted by molar-refractivity contribution is -0.126. The maximum atomic E-state index is 11.6. The number of nitrogens with one attached hydrogen (secondary N) is 1. The van der Waals surface area contributed by atoms with Gasteiger partial charge in [0.15, 0.2) is 0 Å². The van der Waals surface area contributed by atoms with Crippen molar-refractivity contribution in [1.82, 2.24) is 5.32 Å². The van der Waals surface area contributed by atoms with E-state index in [1.165, 1.54) is 0 Å². The summed E-state index contributed by atoms with van der Waals surface area (Å²) in [5.41, 5.74) is 0. The summed E-state index contributed by atoms with van der Waals surface area (Å²) in [7, 11) is 0. The number of carbonyl (C=O) groups excluding carboxylic acids is 1. The molecule has 0 radical (unpaired) electrons. The number of aliphatic hydroxyl groups is 1. The average Bonchev–Trinajstić information content (AvgIpc) is 2.11. The molecule has 1 amide bonds. The van der Waals surface area contributed by atoms with Gasteiger partial charge in [-0.15, -0.1) is 0 Å². The van der Waals surface area contributed by atoms with Gasteiger partial charge in [-0.05, 0) is 18.3 Å². The third-order valence-electron chi connectivity index (χ3n) is 2.67. The van der Waals surface area contributed by atoms with Crippen LogP contribution in [0.15, 0.2) is 0 Å². The molecule has 0 heterocycles. The SMILES string of the molecule is CC(C)CC(O)CNC(=O)C(C)C(C)C. The molecule has 0 aromatic heterocycles. The number of hydrogen-bond donors (Lipinski definition) is 2. The van der Waals surface area contributed by atoms with Gasteiger partial charge in [0.1, 0.15) is 0 Å². The second-order valence-electron chi connectivity index (χ2n) is 5.06. The van der Waals surface area contributed by atoms with Crippen LogP contribution >= 0.6 is 0 Å². The van der Waals surface area contributed by atoms with Crippen LogP contribution in [0.4, 0.5) is 0 Å². The Kier molecular flexibility index (Phi) is 6.57. The first-order valence-electron chi connectivity index (χ1n) is 5.80. The minimum atomic E-state index is -0.423. The lowest BCUT2D eigenvalue weighted by Gasteiger charge is -2.18. The van der Waals surface area contributed by atoms with Crippen molar-refractivity contribution in [2.75, 3.05) is 6.54 Å². The van der Waals surface area contributed by atoms with E-state index in [4.69, 9.17) is 0 Å². The summed E-state index contributed by atoms with van der Waals surface area (Å²) in [6, 6.07) is 0. The van der Waals surface area contributed by atoms with E-state index in [-0.39, 0.29) is 11.8 Å². The normalized spacial score (nSPS) is 15.5. The van der Waals surface area contributed by atoms with Crippen molar-refractivity contribution in [3.8, 4) is 0 Å². The summed E-state index contributed by atoms with van der Waals surface area (Å²) in [6.45, 7) is 10.4. The van der Waals surface area contributed by atoms with E-state index in [1.807, 2.05) is 20.8 Å². The smallest absolute Gasteiger partial charge is 0.223 e. The Morgan fingerprint density at radius 2 is 1.73 bits per heavy atom. The van der Waals surface area contributed by atoms with Crippen LogP contribution in [-0.4, -0.2) is 23.7 Å². The van der Waals surface area contributed by atoms with E-state index >= 15 is 0 Å². The Morgan fingerprint density at radius 3 is 2.13 bits per heavy atom. The molecule has 2 N–H and O–H groups in total. The van der Waals surface area contributed by atoms with Gasteiger partial charge < -0.3 is 10.4 Å². The highest BCUT2D eigenvalue weighted by molar-refractivity contribution is 5.78. The number of carbonyl (C=O) groups is 1. The summed E-state index contributed by atoms with van der Waals surface area (Å²) >= 11 is 0. The molecule has 0 aliphatic heterocycles. The summed E-state index contributed by atoms with van der Waals surface area (Å²) in [5.74, 6) is 0.843. The van der Waals surface area contributed by atoms with Gasteiger partial charge >= 0.3 is 0 Å². The number of rotatable bonds is 6. The van der Waals surface area contributed by atoms with Gasteiger partial charge in [-0.1, -0.05) is 34.6 Å². The minimum Gasteiger partial charge on any atom is -0.391 e. The number of amides is 1. The van der Waals surface area contributed by atoms with Gasteiger partial charge in [0.05, 0.1) is 6.10 Å². The van der Waals surface area contributed by atoms with Crippen molar-refractivity contribution < 1.29 is 9.90 Å². The van der Waals surface area contributed by atoms with Crippen LogP contribution in [-0.2, 0) is 4.79 Å². The Balaban J connectivity index is 3.80. The second-order valence-corrected chi connectivity index (χ2v) is 5.06. The Hall–Kier alpha value is -0.570. The zero-order valence-corrected chi connectivity index (χ0v) is 10.6. The first kappa shape index (κ1) is 14.4. The molecule has 2 unspecified atom stereocenters. The van der Waals surface area contributed by atoms with Crippen molar-refractivity contribution in [2.24, 2.45) is 17.8 Å². The molecule has 0 rings (SSSR count). The molecule has 15 heavy (non-hydrogen) atoms. The highest BCUT2D eigenvalue weighted by Crippen LogP contribution is 2.09. The van der Waals surface area contributed by atoms with Crippen molar-refractivity contribution in [2.45, 2.75) is 47.1 Å². The molecule has 0 saturated heterocycles. The molecular formula is C12H25NO2. The van der Waals surface area contributed by atoms with Crippen molar-refractivity contribution in [3.05, 3.63) is 0 Å². The van der Waals surface area contributed by atoms with E-state index in [0.29, 0.717) is 18.4 Å². The molecule has 0 spiro atoms. The maximum absolute atomic E-state index is 11.6. The standard InChI is InChI=1S/C12H25NO2/c1-8(2)6-11(14)7-13-12(15)10(5)9(3)4/h8-11,14H,6-7H2,1-5H3,(H,13,15). The highest BCUT2D eigenvalue weighted by atomic mass is 16.3. The van der Waals surface area contributed by atoms with Crippen LogP contribution in [0.3, 0.4) is 0 Å². The summed E-state index contributed by atoms with van der Waals surface area (Å²) < 4.78 is 0. The lowest BCUT2D eigenvalue weighted by atomic mass is 9.97. The van der Waals surface area contributed by atoms with E-state index in [2.05, 4.69) is 19.2 Å². The monoisotopic (exact) mass is 215 g/mol. The fourth-order valence-corrected chi connectivity index (χ4v) is 1.31. The summed E-state index contributed by atoms with van der Waals surface area (Å²) in [5, 5.41) is 12.4. The largest absolute Gasteiger partial charge is 0.391 e. The third-order valence-corrected chi connectivity index (χ3v) is 2.67. The van der Waals surface area contributed by atoms with Gasteiger partial charge in [-0.25, -0.2) is 0 Å². The van der Waals surface area contributed by atoms with E-state index in [1.54, 1.807) is 0 Å². The van der Waals surface area contributed by atoms with Gasteiger partial charge in [-0.2, -0.15) is 0 Å². The average molecular weight is 215 g/mol. The van der Waals surface area contributed by atoms with Crippen molar-refractivity contribution in [3.63, 3.8) is 0 Å². The maximum Gasteiger partial charge on any atom is 0.223 e. The van der Waals surface area contributed by atoms with E-state index < -0.39 is 6.10 Å². The van der Waals surface area contributed by atoms with Crippen molar-refractivity contribution in [1.29, 1.82) is 0 Å². The van der Waals surface area contributed by atoms with Crippen LogP contribution in [0.2, 0.25) is 0 Å². The molecule has 0 bridgehead atoms. The van der Waals surface area contributed by atoms with E-state index in [0.717, 1.165) is 6.42 Å². The first-order valence-corrected chi connectivity index (χ1v) is 5.80. The van der Waals surface area contributed by atoms with Crippen LogP contribution in [0.1, 0.15) is 41.0 Å². The van der Waals surface area contributed by atoms with Crippen LogP contribution < -0.4 is 5.32 Å². The van der Waals surface area contributed by atoms with E-state index in [9.17, 15) is 9.90 Å². The molecule has 3 heteroatoms. The van der Waals surface area contributed by atoms with Gasteiger partial charge in [0.25, 0.3) is 0 Å². The fourth-order valence-electron chi connectivity index (χ4n) is 1.31. The van der Waals surface area contributed by atoms with Gasteiger partial charge in [0, 0.05) is 12.5 Å². The molecule has 0 aliphatic rings. The van der Waals surface area contributed by atoms with Crippen LogP contribution in [0.25, 0.3) is 0 Å². The molecule has 0 aromatic rings. The fraction of sp³-hybridized carbons (Fsp3) is 0.917. The Labute approximate surface area is 93.3 Å². The molecule has 90 valence electrons. The topological polar surface area (TPSA) is 49.3 Å². The second kappa shape index (κ2) is 6.83. The highest BCUT2D eigenvalue weighted by Gasteiger charge is 2.17. The number of hydrogen-bond acceptors (Lipinski definition) is 2. The number of aliphatic hydroxyl groups excluding tert-OH is 1. The third kappa shape index (κ3) is 6.50. The molecule has 0 aliphatic carbocycles. The minimum absolute atomic E-state index is 0.0104. The van der Waals surface area contributed by atoms with Gasteiger partial charge in [0.2, 0.25) is 5.91 Å². The van der Waals surface area contributed by atoms with Crippen LogP contribution in [0.5, 0.6) is 0 Å².